The van der Waals surface area contributed by atoms with Gasteiger partial charge in [-0.25, -0.2) is 4.98 Å². The molecule has 0 amide bonds. The van der Waals surface area contributed by atoms with Crippen molar-refractivity contribution < 1.29 is 0 Å². The number of pyridine rings is 1. The Morgan fingerprint density at radius 1 is 0.893 bits per heavy atom. The third-order valence-electron chi connectivity index (χ3n) is 5.32. The fourth-order valence-corrected chi connectivity index (χ4v) is 5.25. The van der Waals surface area contributed by atoms with Crippen LogP contribution in [0, 0.1) is 11.3 Å². The number of aryl methyl sites for hydroxylation is 2. The van der Waals surface area contributed by atoms with Crippen LogP contribution < -0.4 is 0 Å². The van der Waals surface area contributed by atoms with Crippen molar-refractivity contribution in [3.05, 3.63) is 76.7 Å². The van der Waals surface area contributed by atoms with Crippen molar-refractivity contribution in [2.24, 2.45) is 0 Å². The molecule has 0 N–H and O–H groups in total. The van der Waals surface area contributed by atoms with Crippen molar-refractivity contribution >= 4 is 34.0 Å². The van der Waals surface area contributed by atoms with Crippen LogP contribution in [-0.2, 0) is 12.8 Å². The molecule has 0 bridgehead atoms. The van der Waals surface area contributed by atoms with Gasteiger partial charge >= 0.3 is 0 Å². The van der Waals surface area contributed by atoms with Crippen LogP contribution in [0.3, 0.4) is 0 Å². The summed E-state index contributed by atoms with van der Waals surface area (Å²) in [6, 6.07) is 22.8. The normalized spacial score (nSPS) is 12.8. The first kappa shape index (κ1) is 18.7. The molecule has 4 aromatic rings. The molecular formula is C24H19ClN2S. The third kappa shape index (κ3) is 3.20. The first-order valence-electron chi connectivity index (χ1n) is 9.35. The lowest BCUT2D eigenvalue weighted by Crippen LogP contribution is -1.98. The van der Waals surface area contributed by atoms with Gasteiger partial charge in [-0.1, -0.05) is 42.5 Å². The van der Waals surface area contributed by atoms with Crippen LogP contribution >= 0.6 is 23.7 Å². The van der Waals surface area contributed by atoms with Crippen molar-refractivity contribution in [1.82, 2.24) is 4.98 Å². The van der Waals surface area contributed by atoms with Crippen LogP contribution in [0.2, 0.25) is 0 Å². The number of halogens is 1. The minimum atomic E-state index is 0. The summed E-state index contributed by atoms with van der Waals surface area (Å²) in [5, 5.41) is 10.4. The third-order valence-corrected chi connectivity index (χ3v) is 6.51. The molecule has 5 rings (SSSR count). The lowest BCUT2D eigenvalue weighted by molar-refractivity contribution is 0.700. The van der Waals surface area contributed by atoms with Crippen molar-refractivity contribution in [3.63, 3.8) is 0 Å². The summed E-state index contributed by atoms with van der Waals surface area (Å²) in [6.07, 6.45) is 4.89. The van der Waals surface area contributed by atoms with Crippen LogP contribution in [-0.4, -0.2) is 4.98 Å². The summed E-state index contributed by atoms with van der Waals surface area (Å²) in [4.78, 5) is 7.68. The summed E-state index contributed by atoms with van der Waals surface area (Å²) in [6.45, 7) is 0. The smallest absolute Gasteiger partial charge is 0.125 e. The number of thiophene rings is 1. The Bertz CT molecular complexity index is 1170. The van der Waals surface area contributed by atoms with Crippen molar-refractivity contribution in [2.75, 3.05) is 0 Å². The zero-order valence-electron chi connectivity index (χ0n) is 15.3. The van der Waals surface area contributed by atoms with Crippen molar-refractivity contribution in [2.45, 2.75) is 25.7 Å². The Balaban J connectivity index is 0.00000192. The van der Waals surface area contributed by atoms with Gasteiger partial charge in [0.15, 0.2) is 0 Å². The highest BCUT2D eigenvalue weighted by molar-refractivity contribution is 7.19. The van der Waals surface area contributed by atoms with E-state index in [0.29, 0.717) is 5.56 Å². The summed E-state index contributed by atoms with van der Waals surface area (Å²) in [5.41, 5.74) is 6.74. The zero-order chi connectivity index (χ0) is 18.2. The molecule has 4 heteroatoms. The highest BCUT2D eigenvalue weighted by atomic mass is 35.5. The average molecular weight is 403 g/mol. The maximum atomic E-state index is 9.06. The number of aromatic nitrogens is 1. The molecule has 0 saturated heterocycles. The number of hydrogen-bond donors (Lipinski definition) is 0. The molecular weight excluding hydrogens is 384 g/mol. The predicted octanol–water partition coefficient (Wildman–Crippen LogP) is 6.80. The highest BCUT2D eigenvalue weighted by Gasteiger charge is 2.21. The van der Waals surface area contributed by atoms with Gasteiger partial charge in [0.1, 0.15) is 4.83 Å². The Labute approximate surface area is 174 Å². The fraction of sp³-hybridized carbons (Fsp3) is 0.167. The van der Waals surface area contributed by atoms with Gasteiger partial charge in [0, 0.05) is 15.8 Å². The van der Waals surface area contributed by atoms with E-state index in [1.54, 1.807) is 0 Å². The minimum absolute atomic E-state index is 0. The lowest BCUT2D eigenvalue weighted by atomic mass is 9.92. The fourth-order valence-electron chi connectivity index (χ4n) is 3.97. The number of hydrogen-bond acceptors (Lipinski definition) is 3. The van der Waals surface area contributed by atoms with Crippen LogP contribution in [0.1, 0.15) is 28.8 Å². The minimum Gasteiger partial charge on any atom is -0.237 e. The van der Waals surface area contributed by atoms with Crippen LogP contribution in [0.25, 0.3) is 32.6 Å². The second-order valence-corrected chi connectivity index (χ2v) is 8.08. The molecule has 2 heterocycles. The number of rotatable bonds is 2. The topological polar surface area (TPSA) is 36.7 Å². The van der Waals surface area contributed by atoms with Gasteiger partial charge in [0.05, 0.1) is 17.3 Å². The Hall–Kier alpha value is -2.67. The lowest BCUT2D eigenvalue weighted by Gasteiger charge is -2.13. The number of nitriles is 1. The van der Waals surface area contributed by atoms with Gasteiger partial charge in [-0.15, -0.1) is 23.7 Å². The summed E-state index contributed by atoms with van der Waals surface area (Å²) in [5.74, 6) is 0. The molecule has 2 aromatic heterocycles. The van der Waals surface area contributed by atoms with Gasteiger partial charge in [-0.2, -0.15) is 5.26 Å². The van der Waals surface area contributed by atoms with E-state index in [-0.39, 0.29) is 12.4 Å². The van der Waals surface area contributed by atoms with Crippen LogP contribution in [0.15, 0.2) is 60.7 Å². The summed E-state index contributed by atoms with van der Waals surface area (Å²) in [7, 11) is 0. The molecule has 0 aliphatic heterocycles. The SMILES string of the molecule is Cl.N#Cc1ccc(-c2cc(-c3ccccc3)c3c4c(sc3n2)CCCC4)cc1. The molecule has 0 atom stereocenters. The van der Waals surface area contributed by atoms with Gasteiger partial charge in [0.2, 0.25) is 0 Å². The molecule has 0 unspecified atom stereocenters. The van der Waals surface area contributed by atoms with E-state index in [1.807, 2.05) is 35.6 Å². The Morgan fingerprint density at radius 2 is 1.64 bits per heavy atom. The Morgan fingerprint density at radius 3 is 2.39 bits per heavy atom. The number of nitrogens with zero attached hydrogens (tertiary/aromatic N) is 2. The van der Waals surface area contributed by atoms with E-state index in [2.05, 4.69) is 42.5 Å². The molecule has 1 aliphatic rings. The molecule has 1 aliphatic carbocycles. The van der Waals surface area contributed by atoms with Crippen LogP contribution in [0.4, 0.5) is 0 Å². The first-order chi connectivity index (χ1) is 13.3. The standard InChI is InChI=1S/C24H18N2S.ClH/c25-15-16-10-12-18(13-11-16)21-14-20(17-6-2-1-3-7-17)23-19-8-4-5-9-22(19)27-24(23)26-21;/h1-3,6-7,10-14H,4-5,8-9H2;1H. The largest absolute Gasteiger partial charge is 0.237 e. The molecule has 0 spiro atoms. The van der Waals surface area contributed by atoms with Crippen LogP contribution in [0.5, 0.6) is 0 Å². The Kier molecular flexibility index (Phi) is 5.17. The molecule has 138 valence electrons. The average Bonchev–Trinajstić information content (AvgIpc) is 3.12. The van der Waals surface area contributed by atoms with E-state index < -0.39 is 0 Å². The van der Waals surface area contributed by atoms with E-state index >= 15 is 0 Å². The number of benzene rings is 2. The first-order valence-corrected chi connectivity index (χ1v) is 10.2. The molecule has 0 fully saturated rings. The monoisotopic (exact) mass is 402 g/mol. The van der Waals surface area contributed by atoms with E-state index in [0.717, 1.165) is 22.5 Å². The van der Waals surface area contributed by atoms with E-state index in [9.17, 15) is 0 Å². The maximum absolute atomic E-state index is 9.06. The van der Waals surface area contributed by atoms with Gasteiger partial charge in [-0.3, -0.25) is 0 Å². The van der Waals surface area contributed by atoms with E-state index in [1.165, 1.54) is 46.2 Å². The van der Waals surface area contributed by atoms with Gasteiger partial charge < -0.3 is 0 Å². The summed E-state index contributed by atoms with van der Waals surface area (Å²) < 4.78 is 0. The highest BCUT2D eigenvalue weighted by Crippen LogP contribution is 2.42. The second kappa shape index (κ2) is 7.75. The van der Waals surface area contributed by atoms with Crippen molar-refractivity contribution in [1.29, 1.82) is 5.26 Å². The molecule has 2 nitrogen and oxygen atoms in total. The predicted molar refractivity (Wildman–Crippen MR) is 119 cm³/mol. The maximum Gasteiger partial charge on any atom is 0.125 e. The molecule has 28 heavy (non-hydrogen) atoms. The van der Waals surface area contributed by atoms with E-state index in [4.69, 9.17) is 10.2 Å². The summed E-state index contributed by atoms with van der Waals surface area (Å²) >= 11 is 1.86. The van der Waals surface area contributed by atoms with Gasteiger partial charge in [-0.05, 0) is 60.6 Å². The number of fused-ring (bicyclic) bond motifs is 3. The molecule has 0 saturated carbocycles. The quantitative estimate of drug-likeness (QED) is 0.369. The van der Waals surface area contributed by atoms with Crippen molar-refractivity contribution in [3.8, 4) is 28.5 Å². The molecule has 2 aromatic carbocycles. The van der Waals surface area contributed by atoms with Gasteiger partial charge in [0.25, 0.3) is 0 Å². The second-order valence-electron chi connectivity index (χ2n) is 7.00. The molecule has 0 radical (unpaired) electrons. The zero-order valence-corrected chi connectivity index (χ0v) is 16.9.